The fourth-order valence-electron chi connectivity index (χ4n) is 2.90. The summed E-state index contributed by atoms with van der Waals surface area (Å²) in [4.78, 5) is 0. The summed E-state index contributed by atoms with van der Waals surface area (Å²) in [7, 11) is 0. The molecule has 0 aromatic heterocycles. The van der Waals surface area contributed by atoms with Crippen molar-refractivity contribution < 1.29 is 0 Å². The van der Waals surface area contributed by atoms with Crippen molar-refractivity contribution >= 4 is 42.2 Å². The van der Waals surface area contributed by atoms with Gasteiger partial charge in [-0.3, -0.25) is 10.8 Å². The minimum absolute atomic E-state index is 0. The summed E-state index contributed by atoms with van der Waals surface area (Å²) in [6, 6.07) is 15.3. The molecule has 0 saturated carbocycles. The van der Waals surface area contributed by atoms with E-state index in [1.54, 1.807) is 0 Å². The van der Waals surface area contributed by atoms with Gasteiger partial charge in [0.2, 0.25) is 0 Å². The van der Waals surface area contributed by atoms with Gasteiger partial charge in [0.15, 0.2) is 0 Å². The van der Waals surface area contributed by atoms with Crippen molar-refractivity contribution in [3.63, 3.8) is 0 Å². The second-order valence-corrected chi connectivity index (χ2v) is 5.23. The monoisotopic (exact) mass is 351 g/mol. The van der Waals surface area contributed by atoms with Crippen molar-refractivity contribution in [3.05, 3.63) is 65.2 Å². The van der Waals surface area contributed by atoms with Gasteiger partial charge >= 0.3 is 0 Å². The highest BCUT2D eigenvalue weighted by Gasteiger charge is 2.42. The Morgan fingerprint density at radius 2 is 1.61 bits per heavy atom. The number of hydrogen-bond acceptors (Lipinski definition) is 3. The SMILES string of the molecule is Cl.Cl.N=C(N)c1cccc2c1CC(C(=N)N)(c1ccccc1)N2. The molecule has 1 aliphatic heterocycles. The smallest absolute Gasteiger partial charge is 0.124 e. The zero-order chi connectivity index (χ0) is 15.0. The summed E-state index contributed by atoms with van der Waals surface area (Å²) in [5.74, 6) is 0.0838. The van der Waals surface area contributed by atoms with E-state index in [-0.39, 0.29) is 36.5 Å². The molecule has 122 valence electrons. The molecule has 2 aromatic rings. The molecule has 3 rings (SSSR count). The van der Waals surface area contributed by atoms with Gasteiger partial charge in [0.25, 0.3) is 0 Å². The van der Waals surface area contributed by atoms with E-state index in [0.717, 1.165) is 16.8 Å². The molecule has 1 unspecified atom stereocenters. The summed E-state index contributed by atoms with van der Waals surface area (Å²) in [5.41, 5.74) is 14.2. The standard InChI is InChI=1S/C16H17N5.2ClH/c17-14(18)11-7-4-8-13-12(11)9-16(21-13,15(19)20)10-5-2-1-3-6-10;;/h1-8,21H,9H2,(H3,17,18)(H3,19,20);2*1H. The van der Waals surface area contributed by atoms with Crippen molar-refractivity contribution in [2.45, 2.75) is 12.0 Å². The van der Waals surface area contributed by atoms with E-state index >= 15 is 0 Å². The van der Waals surface area contributed by atoms with Crippen LogP contribution in [0.3, 0.4) is 0 Å². The number of nitrogens with two attached hydrogens (primary N) is 2. The summed E-state index contributed by atoms with van der Waals surface area (Å²) in [6.07, 6.45) is 0.511. The second kappa shape index (κ2) is 6.89. The van der Waals surface area contributed by atoms with Crippen molar-refractivity contribution in [3.8, 4) is 0 Å². The van der Waals surface area contributed by atoms with E-state index in [4.69, 9.17) is 22.3 Å². The largest absolute Gasteiger partial charge is 0.385 e. The third kappa shape index (κ3) is 2.98. The quantitative estimate of drug-likeness (QED) is 0.432. The van der Waals surface area contributed by atoms with Crippen molar-refractivity contribution in [1.82, 2.24) is 0 Å². The Labute approximate surface area is 147 Å². The van der Waals surface area contributed by atoms with E-state index in [2.05, 4.69) is 5.32 Å². The molecule has 1 atom stereocenters. The number of nitrogen functional groups attached to an aromatic ring is 1. The van der Waals surface area contributed by atoms with E-state index in [1.807, 2.05) is 48.5 Å². The number of hydrogen-bond donors (Lipinski definition) is 5. The number of halogens is 2. The van der Waals surface area contributed by atoms with Crippen LogP contribution in [-0.2, 0) is 12.0 Å². The number of nitrogens with one attached hydrogen (secondary N) is 3. The topological polar surface area (TPSA) is 112 Å². The third-order valence-electron chi connectivity index (χ3n) is 3.98. The maximum atomic E-state index is 8.06. The first-order valence-corrected chi connectivity index (χ1v) is 6.69. The first-order valence-electron chi connectivity index (χ1n) is 6.69. The Kier molecular flexibility index (Phi) is 5.64. The van der Waals surface area contributed by atoms with E-state index in [0.29, 0.717) is 12.0 Å². The molecule has 23 heavy (non-hydrogen) atoms. The average molecular weight is 352 g/mol. The second-order valence-electron chi connectivity index (χ2n) is 5.23. The van der Waals surface area contributed by atoms with Crippen LogP contribution in [0.15, 0.2) is 48.5 Å². The van der Waals surface area contributed by atoms with Crippen LogP contribution >= 0.6 is 24.8 Å². The predicted octanol–water partition coefficient (Wildman–Crippen LogP) is 2.61. The highest BCUT2D eigenvalue weighted by atomic mass is 35.5. The van der Waals surface area contributed by atoms with Crippen LogP contribution in [0, 0.1) is 10.8 Å². The highest BCUT2D eigenvalue weighted by Crippen LogP contribution is 2.40. The van der Waals surface area contributed by atoms with Crippen LogP contribution in [0.4, 0.5) is 5.69 Å². The highest BCUT2D eigenvalue weighted by molar-refractivity contribution is 6.01. The van der Waals surface area contributed by atoms with Crippen molar-refractivity contribution in [1.29, 1.82) is 10.8 Å². The van der Waals surface area contributed by atoms with Gasteiger partial charge in [-0.05, 0) is 17.2 Å². The van der Waals surface area contributed by atoms with Gasteiger partial charge in [0.05, 0.1) is 0 Å². The van der Waals surface area contributed by atoms with Gasteiger partial charge in [0, 0.05) is 17.7 Å². The molecule has 0 spiro atoms. The fourth-order valence-corrected chi connectivity index (χ4v) is 2.90. The molecule has 5 nitrogen and oxygen atoms in total. The molecule has 0 aliphatic carbocycles. The maximum absolute atomic E-state index is 8.06. The summed E-state index contributed by atoms with van der Waals surface area (Å²) >= 11 is 0. The summed E-state index contributed by atoms with van der Waals surface area (Å²) in [5, 5.41) is 19.1. The van der Waals surface area contributed by atoms with Crippen LogP contribution in [0.1, 0.15) is 16.7 Å². The molecule has 0 saturated heterocycles. The first kappa shape index (κ1) is 18.8. The Morgan fingerprint density at radius 1 is 0.957 bits per heavy atom. The van der Waals surface area contributed by atoms with Crippen LogP contribution in [0.5, 0.6) is 0 Å². The molecule has 1 heterocycles. The summed E-state index contributed by atoms with van der Waals surface area (Å²) in [6.45, 7) is 0. The van der Waals surface area contributed by atoms with Crippen LogP contribution in [-0.4, -0.2) is 11.7 Å². The first-order chi connectivity index (χ1) is 10.0. The molecule has 0 radical (unpaired) electrons. The Balaban J connectivity index is 0.00000132. The van der Waals surface area contributed by atoms with Gasteiger partial charge < -0.3 is 16.8 Å². The molecule has 2 aromatic carbocycles. The van der Waals surface area contributed by atoms with Crippen LogP contribution < -0.4 is 16.8 Å². The number of fused-ring (bicyclic) bond motifs is 1. The summed E-state index contributed by atoms with van der Waals surface area (Å²) < 4.78 is 0. The minimum atomic E-state index is -0.769. The molecule has 7 heteroatoms. The predicted molar refractivity (Wildman–Crippen MR) is 99.3 cm³/mol. The molecule has 7 N–H and O–H groups in total. The normalized spacial score (nSPS) is 17.9. The molecule has 0 amide bonds. The molecular formula is C16H19Cl2N5. The number of amidine groups is 2. The number of benzene rings is 2. The van der Waals surface area contributed by atoms with E-state index < -0.39 is 5.54 Å². The lowest BCUT2D eigenvalue weighted by Crippen LogP contribution is -2.46. The lowest BCUT2D eigenvalue weighted by molar-refractivity contribution is 0.676. The fraction of sp³-hybridized carbons (Fsp3) is 0.125. The number of rotatable bonds is 3. The zero-order valence-electron chi connectivity index (χ0n) is 12.3. The average Bonchev–Trinajstić information content (AvgIpc) is 2.88. The minimum Gasteiger partial charge on any atom is -0.385 e. The maximum Gasteiger partial charge on any atom is 0.124 e. The van der Waals surface area contributed by atoms with Crippen LogP contribution in [0.2, 0.25) is 0 Å². The van der Waals surface area contributed by atoms with Gasteiger partial charge in [-0.15, -0.1) is 24.8 Å². The zero-order valence-corrected chi connectivity index (χ0v) is 13.9. The lowest BCUT2D eigenvalue weighted by Gasteiger charge is -2.29. The van der Waals surface area contributed by atoms with E-state index in [1.165, 1.54) is 0 Å². The molecule has 0 bridgehead atoms. The van der Waals surface area contributed by atoms with Gasteiger partial charge in [0.1, 0.15) is 17.2 Å². The van der Waals surface area contributed by atoms with Gasteiger partial charge in [-0.2, -0.15) is 0 Å². The molecule has 1 aliphatic rings. The van der Waals surface area contributed by atoms with Crippen LogP contribution in [0.25, 0.3) is 0 Å². The lowest BCUT2D eigenvalue weighted by atomic mass is 9.85. The van der Waals surface area contributed by atoms with Crippen molar-refractivity contribution in [2.75, 3.05) is 5.32 Å². The van der Waals surface area contributed by atoms with Crippen molar-refractivity contribution in [2.24, 2.45) is 11.5 Å². The Bertz CT molecular complexity index is 733. The molecular weight excluding hydrogens is 333 g/mol. The number of anilines is 1. The van der Waals surface area contributed by atoms with E-state index in [9.17, 15) is 0 Å². The molecule has 0 fully saturated rings. The van der Waals surface area contributed by atoms with Gasteiger partial charge in [-0.1, -0.05) is 42.5 Å². The Morgan fingerprint density at radius 3 is 2.17 bits per heavy atom. The van der Waals surface area contributed by atoms with Gasteiger partial charge in [-0.25, -0.2) is 0 Å². The Hall–Kier alpha value is -2.24. The third-order valence-corrected chi connectivity index (χ3v) is 3.98.